The van der Waals surface area contributed by atoms with Gasteiger partial charge in [0, 0.05) is 0 Å². The third kappa shape index (κ3) is 5.23. The first kappa shape index (κ1) is 18.9. The lowest BCUT2D eigenvalue weighted by molar-refractivity contribution is -0.146. The average Bonchev–Trinajstić information content (AvgIpc) is 2.34. The van der Waals surface area contributed by atoms with E-state index in [0.717, 1.165) is 6.07 Å². The average molecular weight is 325 g/mol. The van der Waals surface area contributed by atoms with Crippen LogP contribution in [0.1, 0.15) is 46.6 Å². The van der Waals surface area contributed by atoms with Gasteiger partial charge in [0.05, 0.1) is 0 Å². The summed E-state index contributed by atoms with van der Waals surface area (Å²) in [6.07, 6.45) is -0.754. The van der Waals surface area contributed by atoms with Gasteiger partial charge in [0.15, 0.2) is 5.54 Å². The fourth-order valence-corrected chi connectivity index (χ4v) is 2.35. The Hall–Kier alpha value is -2.11. The maximum atomic E-state index is 13.6. The second-order valence-corrected chi connectivity index (χ2v) is 6.95. The van der Waals surface area contributed by atoms with E-state index in [-0.39, 0.29) is 17.9 Å². The van der Waals surface area contributed by atoms with Crippen LogP contribution in [0.4, 0.5) is 9.18 Å². The number of hydrogen-bond donors (Lipinski definition) is 2. The van der Waals surface area contributed by atoms with E-state index in [1.807, 2.05) is 13.8 Å². The van der Waals surface area contributed by atoms with Crippen molar-refractivity contribution in [3.05, 3.63) is 35.6 Å². The number of benzene rings is 1. The van der Waals surface area contributed by atoms with E-state index in [1.165, 1.54) is 18.2 Å². The number of carboxylic acid groups (broad SMARTS) is 1. The molecule has 1 rings (SSSR count). The molecule has 0 radical (unpaired) electrons. The molecular weight excluding hydrogens is 301 g/mol. The van der Waals surface area contributed by atoms with Crippen molar-refractivity contribution in [1.82, 2.24) is 5.32 Å². The quantitative estimate of drug-likeness (QED) is 0.866. The van der Waals surface area contributed by atoms with Crippen LogP contribution in [0, 0.1) is 11.7 Å². The lowest BCUT2D eigenvalue weighted by atomic mass is 9.82. The smallest absolute Gasteiger partial charge is 0.408 e. The Morgan fingerprint density at radius 2 is 1.91 bits per heavy atom. The van der Waals surface area contributed by atoms with Gasteiger partial charge in [-0.05, 0) is 50.8 Å². The highest BCUT2D eigenvalue weighted by molar-refractivity contribution is 5.86. The predicted octanol–water partition coefficient (Wildman–Crippen LogP) is 3.68. The fraction of sp³-hybridized carbons (Fsp3) is 0.529. The molecule has 0 saturated carbocycles. The fourth-order valence-electron chi connectivity index (χ4n) is 2.35. The first-order valence-corrected chi connectivity index (χ1v) is 7.47. The third-order valence-electron chi connectivity index (χ3n) is 3.11. The van der Waals surface area contributed by atoms with Crippen molar-refractivity contribution in [3.8, 4) is 0 Å². The van der Waals surface area contributed by atoms with Gasteiger partial charge in [-0.3, -0.25) is 0 Å². The van der Waals surface area contributed by atoms with Crippen LogP contribution in [-0.4, -0.2) is 22.8 Å². The van der Waals surface area contributed by atoms with Crippen molar-refractivity contribution in [2.75, 3.05) is 0 Å². The molecule has 0 aromatic heterocycles. The standard InChI is InChI=1S/C17H24FNO4/c1-11(2)10-17(14(20)21,12-7-6-8-13(18)9-12)19-15(22)23-16(3,4)5/h6-9,11H,10H2,1-5H3,(H,19,22)(H,20,21)/t17-/m0/s1. The van der Waals surface area contributed by atoms with Gasteiger partial charge in [0.2, 0.25) is 0 Å². The highest BCUT2D eigenvalue weighted by Crippen LogP contribution is 2.30. The van der Waals surface area contributed by atoms with Gasteiger partial charge in [-0.25, -0.2) is 14.0 Å². The van der Waals surface area contributed by atoms with E-state index >= 15 is 0 Å². The number of carboxylic acids is 1. The Labute approximate surface area is 135 Å². The molecule has 5 nitrogen and oxygen atoms in total. The molecule has 0 saturated heterocycles. The predicted molar refractivity (Wildman–Crippen MR) is 84.5 cm³/mol. The highest BCUT2D eigenvalue weighted by Gasteiger charge is 2.43. The minimum absolute atomic E-state index is 0.0516. The molecule has 1 atom stereocenters. The zero-order valence-electron chi connectivity index (χ0n) is 14.1. The van der Waals surface area contributed by atoms with Gasteiger partial charge < -0.3 is 15.2 Å². The number of halogens is 1. The molecule has 1 aromatic carbocycles. The topological polar surface area (TPSA) is 75.6 Å². The van der Waals surface area contributed by atoms with Crippen molar-refractivity contribution in [2.24, 2.45) is 5.92 Å². The second kappa shape index (κ2) is 6.98. The molecule has 0 aliphatic rings. The number of ether oxygens (including phenoxy) is 1. The summed E-state index contributed by atoms with van der Waals surface area (Å²) in [6, 6.07) is 5.24. The molecule has 23 heavy (non-hydrogen) atoms. The van der Waals surface area contributed by atoms with Crippen LogP contribution < -0.4 is 5.32 Å². The number of hydrogen-bond acceptors (Lipinski definition) is 3. The van der Waals surface area contributed by atoms with Crippen LogP contribution in [0.3, 0.4) is 0 Å². The number of carbonyl (C=O) groups is 2. The molecule has 1 aromatic rings. The van der Waals surface area contributed by atoms with Gasteiger partial charge in [0.1, 0.15) is 11.4 Å². The summed E-state index contributed by atoms with van der Waals surface area (Å²) >= 11 is 0. The maximum absolute atomic E-state index is 13.6. The molecule has 6 heteroatoms. The molecule has 0 spiro atoms. The van der Waals surface area contributed by atoms with Gasteiger partial charge in [-0.15, -0.1) is 0 Å². The summed E-state index contributed by atoms with van der Waals surface area (Å²) in [5, 5.41) is 12.2. The van der Waals surface area contributed by atoms with Crippen molar-refractivity contribution in [2.45, 2.75) is 52.2 Å². The van der Waals surface area contributed by atoms with Crippen LogP contribution in [0.5, 0.6) is 0 Å². The molecule has 2 N–H and O–H groups in total. The first-order chi connectivity index (χ1) is 10.5. The number of rotatable bonds is 5. The monoisotopic (exact) mass is 325 g/mol. The van der Waals surface area contributed by atoms with Crippen LogP contribution in [0.2, 0.25) is 0 Å². The molecule has 0 aliphatic carbocycles. The Kier molecular flexibility index (Phi) is 5.75. The number of aliphatic carboxylic acids is 1. The minimum Gasteiger partial charge on any atom is -0.479 e. The van der Waals surface area contributed by atoms with Crippen molar-refractivity contribution >= 4 is 12.1 Å². The number of nitrogens with one attached hydrogen (secondary N) is 1. The van der Waals surface area contributed by atoms with Gasteiger partial charge in [-0.1, -0.05) is 26.0 Å². The second-order valence-electron chi connectivity index (χ2n) is 6.95. The Bertz CT molecular complexity index is 580. The van der Waals surface area contributed by atoms with E-state index < -0.39 is 29.0 Å². The molecule has 0 bridgehead atoms. The lowest BCUT2D eigenvalue weighted by Gasteiger charge is -2.33. The highest BCUT2D eigenvalue weighted by atomic mass is 19.1. The number of carbonyl (C=O) groups excluding carboxylic acids is 1. The lowest BCUT2D eigenvalue weighted by Crippen LogP contribution is -2.53. The van der Waals surface area contributed by atoms with E-state index in [0.29, 0.717) is 0 Å². The molecule has 0 fully saturated rings. The number of amides is 1. The zero-order valence-corrected chi connectivity index (χ0v) is 14.1. The molecule has 0 heterocycles. The van der Waals surface area contributed by atoms with Crippen molar-refractivity contribution in [1.29, 1.82) is 0 Å². The normalized spacial score (nSPS) is 14.2. The summed E-state index contributed by atoms with van der Waals surface area (Å²) in [5.74, 6) is -1.88. The summed E-state index contributed by atoms with van der Waals surface area (Å²) in [7, 11) is 0. The zero-order chi connectivity index (χ0) is 17.8. The van der Waals surface area contributed by atoms with Gasteiger partial charge in [-0.2, -0.15) is 0 Å². The van der Waals surface area contributed by atoms with Crippen molar-refractivity contribution < 1.29 is 23.8 Å². The largest absolute Gasteiger partial charge is 0.479 e. The summed E-state index contributed by atoms with van der Waals surface area (Å²) < 4.78 is 18.7. The Morgan fingerprint density at radius 1 is 1.30 bits per heavy atom. The summed E-state index contributed by atoms with van der Waals surface area (Å²) in [5.41, 5.74) is -2.35. The van der Waals surface area contributed by atoms with Crippen LogP contribution in [0.15, 0.2) is 24.3 Å². The summed E-state index contributed by atoms with van der Waals surface area (Å²) in [4.78, 5) is 24.1. The van der Waals surface area contributed by atoms with Gasteiger partial charge >= 0.3 is 12.1 Å². The number of alkyl carbamates (subject to hydrolysis) is 1. The molecule has 0 aliphatic heterocycles. The third-order valence-corrected chi connectivity index (χ3v) is 3.11. The maximum Gasteiger partial charge on any atom is 0.408 e. The summed E-state index contributed by atoms with van der Waals surface area (Å²) in [6.45, 7) is 8.69. The van der Waals surface area contributed by atoms with Crippen LogP contribution >= 0.6 is 0 Å². The molecule has 0 unspecified atom stereocenters. The van der Waals surface area contributed by atoms with Crippen LogP contribution in [-0.2, 0) is 15.1 Å². The van der Waals surface area contributed by atoms with Gasteiger partial charge in [0.25, 0.3) is 0 Å². The van der Waals surface area contributed by atoms with E-state index in [2.05, 4.69) is 5.32 Å². The first-order valence-electron chi connectivity index (χ1n) is 7.47. The molecule has 128 valence electrons. The SMILES string of the molecule is CC(C)C[C@@](NC(=O)OC(C)(C)C)(C(=O)O)c1cccc(F)c1. The van der Waals surface area contributed by atoms with E-state index in [1.54, 1.807) is 20.8 Å². The van der Waals surface area contributed by atoms with E-state index in [4.69, 9.17) is 4.74 Å². The molecule has 1 amide bonds. The minimum atomic E-state index is -1.75. The van der Waals surface area contributed by atoms with Crippen molar-refractivity contribution in [3.63, 3.8) is 0 Å². The Morgan fingerprint density at radius 3 is 2.35 bits per heavy atom. The Balaban J connectivity index is 3.29. The van der Waals surface area contributed by atoms with Crippen LogP contribution in [0.25, 0.3) is 0 Å². The van der Waals surface area contributed by atoms with E-state index in [9.17, 15) is 19.1 Å². The molecular formula is C17H24FNO4.